The van der Waals surface area contributed by atoms with E-state index in [0.29, 0.717) is 22.1 Å². The number of anilines is 1. The molecule has 0 unspecified atom stereocenters. The lowest BCUT2D eigenvalue weighted by molar-refractivity contribution is 0.0988. The van der Waals surface area contributed by atoms with Crippen LogP contribution in [0.4, 0.5) is 5.69 Å². The smallest absolute Gasteiger partial charge is 0.294 e. The quantitative estimate of drug-likeness (QED) is 0.807. The summed E-state index contributed by atoms with van der Waals surface area (Å²) in [5.41, 5.74) is 1.88. The third-order valence-corrected chi connectivity index (χ3v) is 3.05. The number of amides is 1. The summed E-state index contributed by atoms with van der Waals surface area (Å²) in [6.45, 7) is 1.75. The van der Waals surface area contributed by atoms with Gasteiger partial charge in [-0.05, 0) is 31.2 Å². The van der Waals surface area contributed by atoms with Crippen molar-refractivity contribution in [3.63, 3.8) is 0 Å². The average Bonchev–Trinajstić information content (AvgIpc) is 3.11. The summed E-state index contributed by atoms with van der Waals surface area (Å²) >= 11 is 6.01. The molecule has 1 aromatic carbocycles. The first kappa shape index (κ1) is 13.4. The fourth-order valence-electron chi connectivity index (χ4n) is 1.87. The highest BCUT2D eigenvalue weighted by Crippen LogP contribution is 2.24. The molecule has 0 saturated carbocycles. The van der Waals surface area contributed by atoms with Crippen LogP contribution in [0.2, 0.25) is 5.02 Å². The van der Waals surface area contributed by atoms with Gasteiger partial charge in [0.25, 0.3) is 5.91 Å². The van der Waals surface area contributed by atoms with Crippen LogP contribution in [0.25, 0.3) is 5.69 Å². The van der Waals surface area contributed by atoms with Crippen LogP contribution in [0.1, 0.15) is 16.2 Å². The van der Waals surface area contributed by atoms with Gasteiger partial charge in [0.15, 0.2) is 0 Å². The molecule has 0 radical (unpaired) electrons. The highest BCUT2D eigenvalue weighted by Gasteiger charge is 2.14. The third kappa shape index (κ3) is 2.80. The maximum absolute atomic E-state index is 12.1. The van der Waals surface area contributed by atoms with Gasteiger partial charge in [0.05, 0.1) is 17.1 Å². The van der Waals surface area contributed by atoms with Crippen molar-refractivity contribution in [2.24, 2.45) is 0 Å². The number of carbonyl (C=O) groups is 1. The van der Waals surface area contributed by atoms with E-state index in [0.717, 1.165) is 0 Å². The predicted molar refractivity (Wildman–Crippen MR) is 77.8 cm³/mol. The van der Waals surface area contributed by atoms with Crippen molar-refractivity contribution < 1.29 is 9.32 Å². The van der Waals surface area contributed by atoms with Gasteiger partial charge in [-0.15, -0.1) is 0 Å². The number of hydrogen-bond acceptors (Lipinski definition) is 4. The second kappa shape index (κ2) is 5.41. The van der Waals surface area contributed by atoms with Crippen LogP contribution in [-0.4, -0.2) is 20.8 Å². The van der Waals surface area contributed by atoms with E-state index in [1.165, 1.54) is 0 Å². The fourth-order valence-corrected chi connectivity index (χ4v) is 2.03. The molecule has 21 heavy (non-hydrogen) atoms. The molecule has 6 nitrogen and oxygen atoms in total. The van der Waals surface area contributed by atoms with E-state index in [1.807, 2.05) is 0 Å². The largest absolute Gasteiger partial charge is 0.351 e. The Kier molecular flexibility index (Phi) is 3.45. The van der Waals surface area contributed by atoms with Crippen molar-refractivity contribution in [3.8, 4) is 5.69 Å². The molecular formula is C14H11ClN4O2. The number of rotatable bonds is 3. The van der Waals surface area contributed by atoms with E-state index >= 15 is 0 Å². The molecule has 1 amide bonds. The van der Waals surface area contributed by atoms with Crippen molar-refractivity contribution in [2.45, 2.75) is 6.92 Å². The van der Waals surface area contributed by atoms with Crippen molar-refractivity contribution >= 4 is 23.2 Å². The van der Waals surface area contributed by atoms with E-state index in [9.17, 15) is 4.79 Å². The van der Waals surface area contributed by atoms with Crippen LogP contribution in [0.3, 0.4) is 0 Å². The maximum atomic E-state index is 12.1. The topological polar surface area (TPSA) is 73.0 Å². The summed E-state index contributed by atoms with van der Waals surface area (Å²) in [7, 11) is 0. The molecule has 0 fully saturated rings. The molecule has 1 N–H and O–H groups in total. The van der Waals surface area contributed by atoms with E-state index in [4.69, 9.17) is 16.1 Å². The first-order valence-corrected chi connectivity index (χ1v) is 6.55. The van der Waals surface area contributed by atoms with Gasteiger partial charge in [0, 0.05) is 23.5 Å². The van der Waals surface area contributed by atoms with E-state index < -0.39 is 0 Å². The second-order valence-electron chi connectivity index (χ2n) is 4.40. The number of nitrogens with one attached hydrogen (secondary N) is 1. The Morgan fingerprint density at radius 3 is 2.90 bits per heavy atom. The zero-order valence-electron chi connectivity index (χ0n) is 11.1. The van der Waals surface area contributed by atoms with Gasteiger partial charge in [-0.3, -0.25) is 4.79 Å². The van der Waals surface area contributed by atoms with Gasteiger partial charge in [-0.1, -0.05) is 16.8 Å². The minimum atomic E-state index is -0.383. The maximum Gasteiger partial charge on any atom is 0.294 e. The molecule has 0 aliphatic rings. The standard InChI is InChI=1S/C14H11ClN4O2/c1-9-7-13(21-18-9)14(20)17-11-4-3-10(15)8-12(11)19-6-2-5-16-19/h2-8H,1H3,(H,17,20). The number of halogens is 1. The van der Waals surface area contributed by atoms with E-state index in [2.05, 4.69) is 15.6 Å². The average molecular weight is 303 g/mol. The lowest BCUT2D eigenvalue weighted by Crippen LogP contribution is -2.13. The first-order valence-electron chi connectivity index (χ1n) is 6.18. The van der Waals surface area contributed by atoms with Crippen LogP contribution in [-0.2, 0) is 0 Å². The van der Waals surface area contributed by atoms with E-state index in [1.54, 1.807) is 54.3 Å². The highest BCUT2D eigenvalue weighted by atomic mass is 35.5. The summed E-state index contributed by atoms with van der Waals surface area (Å²) in [6.07, 6.45) is 3.41. The summed E-state index contributed by atoms with van der Waals surface area (Å²) in [4.78, 5) is 12.1. The number of nitrogens with zero attached hydrogens (tertiary/aromatic N) is 3. The molecule has 0 aliphatic heterocycles. The molecule has 0 aliphatic carbocycles. The van der Waals surface area contributed by atoms with Gasteiger partial charge < -0.3 is 9.84 Å². The lowest BCUT2D eigenvalue weighted by Gasteiger charge is -2.10. The second-order valence-corrected chi connectivity index (χ2v) is 4.84. The van der Waals surface area contributed by atoms with Crippen LogP contribution in [0.15, 0.2) is 47.2 Å². The Hall–Kier alpha value is -2.60. The molecule has 3 aromatic rings. The van der Waals surface area contributed by atoms with Gasteiger partial charge >= 0.3 is 0 Å². The summed E-state index contributed by atoms with van der Waals surface area (Å²) in [5, 5.41) is 11.1. The Labute approximate surface area is 125 Å². The zero-order chi connectivity index (χ0) is 14.8. The minimum Gasteiger partial charge on any atom is -0.351 e. The Balaban J connectivity index is 1.94. The molecule has 2 heterocycles. The molecular weight excluding hydrogens is 292 g/mol. The van der Waals surface area contributed by atoms with Gasteiger partial charge in [-0.25, -0.2) is 4.68 Å². The van der Waals surface area contributed by atoms with Crippen LogP contribution < -0.4 is 5.32 Å². The normalized spacial score (nSPS) is 10.6. The Bertz CT molecular complexity index is 780. The number of aryl methyl sites for hydroxylation is 1. The first-order chi connectivity index (χ1) is 10.1. The summed E-state index contributed by atoms with van der Waals surface area (Å²) in [6, 6.07) is 8.47. The minimum absolute atomic E-state index is 0.147. The Morgan fingerprint density at radius 1 is 1.38 bits per heavy atom. The van der Waals surface area contributed by atoms with Crippen molar-refractivity contribution in [1.82, 2.24) is 14.9 Å². The van der Waals surface area contributed by atoms with Gasteiger partial charge in [0.2, 0.25) is 5.76 Å². The highest BCUT2D eigenvalue weighted by molar-refractivity contribution is 6.31. The lowest BCUT2D eigenvalue weighted by atomic mass is 10.2. The van der Waals surface area contributed by atoms with Crippen molar-refractivity contribution in [1.29, 1.82) is 0 Å². The molecule has 0 saturated heterocycles. The fraction of sp³-hybridized carbons (Fsp3) is 0.0714. The molecule has 2 aromatic heterocycles. The zero-order valence-corrected chi connectivity index (χ0v) is 11.8. The monoisotopic (exact) mass is 302 g/mol. The van der Waals surface area contributed by atoms with Crippen LogP contribution in [0.5, 0.6) is 0 Å². The van der Waals surface area contributed by atoms with Crippen LogP contribution in [0, 0.1) is 6.92 Å². The summed E-state index contributed by atoms with van der Waals surface area (Å²) in [5.74, 6) is -0.236. The van der Waals surface area contributed by atoms with Gasteiger partial charge in [-0.2, -0.15) is 5.10 Å². The Morgan fingerprint density at radius 2 is 2.24 bits per heavy atom. The molecule has 7 heteroatoms. The molecule has 0 atom stereocenters. The SMILES string of the molecule is Cc1cc(C(=O)Nc2ccc(Cl)cc2-n2cccn2)on1. The number of hydrogen-bond donors (Lipinski definition) is 1. The number of aromatic nitrogens is 3. The summed E-state index contributed by atoms with van der Waals surface area (Å²) < 4.78 is 6.56. The van der Waals surface area contributed by atoms with Crippen LogP contribution >= 0.6 is 11.6 Å². The molecule has 3 rings (SSSR count). The van der Waals surface area contributed by atoms with Crippen molar-refractivity contribution in [3.05, 3.63) is 59.2 Å². The molecule has 0 spiro atoms. The number of carbonyl (C=O) groups excluding carboxylic acids is 1. The van der Waals surface area contributed by atoms with E-state index in [-0.39, 0.29) is 11.7 Å². The van der Waals surface area contributed by atoms with Gasteiger partial charge in [0.1, 0.15) is 0 Å². The molecule has 106 valence electrons. The third-order valence-electron chi connectivity index (χ3n) is 2.81. The predicted octanol–water partition coefficient (Wildman–Crippen LogP) is 3.07. The van der Waals surface area contributed by atoms with Crippen molar-refractivity contribution in [2.75, 3.05) is 5.32 Å². The number of benzene rings is 1. The molecule has 0 bridgehead atoms.